The van der Waals surface area contributed by atoms with Crippen molar-refractivity contribution in [1.82, 2.24) is 20.2 Å². The van der Waals surface area contributed by atoms with Crippen LogP contribution in [0.25, 0.3) is 11.0 Å². The number of rotatable bonds is 3. The standard InChI is InChI=1S/C21H22N6O/c1-27-11-10-16(24-21(28)23-15-8-6-14(13-22)7-9-15)12-19(27)20-25-17-4-2-3-5-18(17)26-20/h2-9,16,19H,10-12H2,1H3,(H,25,26)(H2,23,24,28)/t16-,19-/m0/s1. The normalized spacial score (nSPS) is 19.9. The molecule has 1 aromatic heterocycles. The van der Waals surface area contributed by atoms with Crippen LogP contribution in [0.1, 0.15) is 30.3 Å². The minimum Gasteiger partial charge on any atom is -0.341 e. The molecule has 3 N–H and O–H groups in total. The van der Waals surface area contributed by atoms with Gasteiger partial charge in [-0.25, -0.2) is 9.78 Å². The lowest BCUT2D eigenvalue weighted by atomic mass is 9.97. The van der Waals surface area contributed by atoms with Gasteiger partial charge in [0.1, 0.15) is 5.82 Å². The van der Waals surface area contributed by atoms with Crippen molar-refractivity contribution in [1.29, 1.82) is 5.26 Å². The highest BCUT2D eigenvalue weighted by Crippen LogP contribution is 2.29. The van der Waals surface area contributed by atoms with Crippen molar-refractivity contribution in [2.45, 2.75) is 24.9 Å². The first kappa shape index (κ1) is 18.0. The molecule has 0 spiro atoms. The molecule has 3 aromatic rings. The molecule has 1 aliphatic rings. The van der Waals surface area contributed by atoms with Crippen molar-refractivity contribution in [2.24, 2.45) is 0 Å². The number of anilines is 1. The summed E-state index contributed by atoms with van der Waals surface area (Å²) in [5.41, 5.74) is 3.22. The number of para-hydroxylation sites is 2. The molecule has 1 aliphatic heterocycles. The van der Waals surface area contributed by atoms with E-state index in [9.17, 15) is 4.79 Å². The Hall–Kier alpha value is -3.37. The molecule has 142 valence electrons. The van der Waals surface area contributed by atoms with E-state index in [-0.39, 0.29) is 18.1 Å². The number of carbonyl (C=O) groups is 1. The average molecular weight is 374 g/mol. The first-order chi connectivity index (χ1) is 13.6. The molecular weight excluding hydrogens is 352 g/mol. The van der Waals surface area contributed by atoms with Crippen molar-refractivity contribution in [3.63, 3.8) is 0 Å². The first-order valence-electron chi connectivity index (χ1n) is 9.35. The van der Waals surface area contributed by atoms with Gasteiger partial charge in [0.2, 0.25) is 0 Å². The highest BCUT2D eigenvalue weighted by Gasteiger charge is 2.30. The van der Waals surface area contributed by atoms with Crippen molar-refractivity contribution < 1.29 is 4.79 Å². The van der Waals surface area contributed by atoms with Crippen LogP contribution in [0.3, 0.4) is 0 Å². The van der Waals surface area contributed by atoms with Crippen LogP contribution in [0.4, 0.5) is 10.5 Å². The summed E-state index contributed by atoms with van der Waals surface area (Å²) in [7, 11) is 2.09. The highest BCUT2D eigenvalue weighted by molar-refractivity contribution is 5.89. The van der Waals surface area contributed by atoms with Crippen LogP contribution in [0.15, 0.2) is 48.5 Å². The van der Waals surface area contributed by atoms with Crippen molar-refractivity contribution in [3.05, 3.63) is 59.9 Å². The quantitative estimate of drug-likeness (QED) is 0.655. The Kier molecular flexibility index (Phi) is 4.96. The molecule has 28 heavy (non-hydrogen) atoms. The van der Waals surface area contributed by atoms with Crippen LogP contribution in [0.5, 0.6) is 0 Å². The number of fused-ring (bicyclic) bond motifs is 1. The van der Waals surface area contributed by atoms with E-state index in [4.69, 9.17) is 10.2 Å². The third-order valence-corrected chi connectivity index (χ3v) is 5.20. The Morgan fingerprint density at radius 2 is 2.04 bits per heavy atom. The fourth-order valence-corrected chi connectivity index (χ4v) is 3.65. The van der Waals surface area contributed by atoms with Crippen LogP contribution in [-0.4, -0.2) is 40.5 Å². The number of H-pyrrole nitrogens is 1. The lowest BCUT2D eigenvalue weighted by Gasteiger charge is -2.36. The molecule has 7 heteroatoms. The summed E-state index contributed by atoms with van der Waals surface area (Å²) in [6.07, 6.45) is 1.67. The number of carbonyl (C=O) groups excluding carboxylic acids is 1. The minimum absolute atomic E-state index is 0.0628. The highest BCUT2D eigenvalue weighted by atomic mass is 16.2. The molecule has 2 amide bonds. The predicted octanol–water partition coefficient (Wildman–Crippen LogP) is 3.39. The Balaban J connectivity index is 1.41. The van der Waals surface area contributed by atoms with Crippen LogP contribution < -0.4 is 10.6 Å². The van der Waals surface area contributed by atoms with Gasteiger partial charge < -0.3 is 15.6 Å². The molecule has 2 atom stereocenters. The van der Waals surface area contributed by atoms with E-state index in [1.54, 1.807) is 24.3 Å². The van der Waals surface area contributed by atoms with Gasteiger partial charge in [0.15, 0.2) is 0 Å². The zero-order valence-corrected chi connectivity index (χ0v) is 15.6. The van der Waals surface area contributed by atoms with Crippen molar-refractivity contribution in [2.75, 3.05) is 18.9 Å². The van der Waals surface area contributed by atoms with Crippen LogP contribution >= 0.6 is 0 Å². The Morgan fingerprint density at radius 3 is 2.79 bits per heavy atom. The lowest BCUT2D eigenvalue weighted by molar-refractivity contribution is 0.153. The van der Waals surface area contributed by atoms with Gasteiger partial charge in [-0.2, -0.15) is 5.26 Å². The van der Waals surface area contributed by atoms with Gasteiger partial charge in [0.25, 0.3) is 0 Å². The number of benzene rings is 2. The summed E-state index contributed by atoms with van der Waals surface area (Å²) < 4.78 is 0. The zero-order valence-electron chi connectivity index (χ0n) is 15.6. The number of nitrogens with one attached hydrogen (secondary N) is 3. The van der Waals surface area contributed by atoms with Crippen LogP contribution in [0, 0.1) is 11.3 Å². The topological polar surface area (TPSA) is 96.8 Å². The molecule has 0 radical (unpaired) electrons. The number of imidazole rings is 1. The summed E-state index contributed by atoms with van der Waals surface area (Å²) in [6.45, 7) is 0.878. The number of nitrogens with zero attached hydrogens (tertiary/aromatic N) is 3. The number of piperidine rings is 1. The summed E-state index contributed by atoms with van der Waals surface area (Å²) in [6, 6.07) is 16.8. The van der Waals surface area contributed by atoms with E-state index in [1.165, 1.54) is 0 Å². The molecule has 2 heterocycles. The summed E-state index contributed by atoms with van der Waals surface area (Å²) in [4.78, 5) is 22.8. The van der Waals surface area contributed by atoms with Gasteiger partial charge >= 0.3 is 6.03 Å². The number of hydrogen-bond acceptors (Lipinski definition) is 4. The maximum Gasteiger partial charge on any atom is 0.319 e. The minimum atomic E-state index is -0.234. The second-order valence-corrected chi connectivity index (χ2v) is 7.14. The summed E-state index contributed by atoms with van der Waals surface area (Å²) >= 11 is 0. The average Bonchev–Trinajstić information content (AvgIpc) is 3.14. The number of urea groups is 1. The SMILES string of the molecule is CN1CC[C@H](NC(=O)Nc2ccc(C#N)cc2)C[C@H]1c1nc2ccccc2[nH]1. The molecule has 7 nitrogen and oxygen atoms in total. The first-order valence-corrected chi connectivity index (χ1v) is 9.35. The van der Waals surface area contributed by atoms with E-state index >= 15 is 0 Å². The molecule has 1 saturated heterocycles. The second-order valence-electron chi connectivity index (χ2n) is 7.14. The fraction of sp³-hybridized carbons (Fsp3) is 0.286. The van der Waals surface area contributed by atoms with Crippen LogP contribution in [0.2, 0.25) is 0 Å². The third kappa shape index (κ3) is 3.82. The Labute approximate surface area is 163 Å². The molecule has 0 unspecified atom stereocenters. The summed E-state index contributed by atoms with van der Waals surface area (Å²) in [5, 5.41) is 14.7. The van der Waals surface area contributed by atoms with E-state index in [1.807, 2.05) is 24.3 Å². The number of likely N-dealkylation sites (tertiary alicyclic amines) is 1. The molecule has 0 saturated carbocycles. The monoisotopic (exact) mass is 374 g/mol. The maximum absolute atomic E-state index is 12.4. The van der Waals surface area contributed by atoms with Gasteiger partial charge in [-0.05, 0) is 56.3 Å². The molecule has 0 aliphatic carbocycles. The molecule has 0 bridgehead atoms. The Bertz CT molecular complexity index is 986. The van der Waals surface area contributed by atoms with E-state index in [0.717, 1.165) is 36.2 Å². The van der Waals surface area contributed by atoms with Gasteiger partial charge in [-0.1, -0.05) is 12.1 Å². The number of hydrogen-bond donors (Lipinski definition) is 3. The number of aromatic nitrogens is 2. The lowest BCUT2D eigenvalue weighted by Crippen LogP contribution is -2.46. The smallest absolute Gasteiger partial charge is 0.319 e. The molecule has 1 fully saturated rings. The maximum atomic E-state index is 12.4. The largest absolute Gasteiger partial charge is 0.341 e. The molecule has 4 rings (SSSR count). The Morgan fingerprint density at radius 1 is 1.25 bits per heavy atom. The van der Waals surface area contributed by atoms with Gasteiger partial charge in [-0.15, -0.1) is 0 Å². The van der Waals surface area contributed by atoms with Crippen molar-refractivity contribution >= 4 is 22.8 Å². The van der Waals surface area contributed by atoms with E-state index < -0.39 is 0 Å². The van der Waals surface area contributed by atoms with Gasteiger partial charge in [0, 0.05) is 18.3 Å². The number of aromatic amines is 1. The van der Waals surface area contributed by atoms with E-state index in [0.29, 0.717) is 11.3 Å². The third-order valence-electron chi connectivity index (χ3n) is 5.20. The second kappa shape index (κ2) is 7.71. The van der Waals surface area contributed by atoms with Gasteiger partial charge in [-0.3, -0.25) is 4.90 Å². The number of amides is 2. The predicted molar refractivity (Wildman–Crippen MR) is 108 cm³/mol. The fourth-order valence-electron chi connectivity index (χ4n) is 3.65. The zero-order chi connectivity index (χ0) is 19.5. The van der Waals surface area contributed by atoms with Crippen molar-refractivity contribution in [3.8, 4) is 6.07 Å². The summed E-state index contributed by atoms with van der Waals surface area (Å²) in [5.74, 6) is 0.933. The van der Waals surface area contributed by atoms with E-state index in [2.05, 4.69) is 33.6 Å². The number of nitriles is 1. The molecular formula is C21H22N6O. The van der Waals surface area contributed by atoms with Crippen LogP contribution in [-0.2, 0) is 0 Å². The van der Waals surface area contributed by atoms with Gasteiger partial charge in [0.05, 0.1) is 28.7 Å². The molecule has 2 aromatic carbocycles.